The Morgan fingerprint density at radius 3 is 2.00 bits per heavy atom. The number of ether oxygens (including phenoxy) is 1. The van der Waals surface area contributed by atoms with Crippen LogP contribution in [0.2, 0.25) is 0 Å². The maximum atomic E-state index is 6.28. The molecule has 1 aliphatic carbocycles. The van der Waals surface area contributed by atoms with Crippen LogP contribution in [0, 0.1) is 5.41 Å². The molecule has 1 N–H and O–H groups in total. The van der Waals surface area contributed by atoms with E-state index in [4.69, 9.17) is 4.74 Å². The van der Waals surface area contributed by atoms with Gasteiger partial charge in [0.15, 0.2) is 0 Å². The lowest BCUT2D eigenvalue weighted by Gasteiger charge is -2.43. The van der Waals surface area contributed by atoms with Gasteiger partial charge in [-0.15, -0.1) is 0 Å². The zero-order chi connectivity index (χ0) is 15.7. The number of nitrogens with zero attached hydrogens (tertiary/aromatic N) is 1. The third-order valence-corrected chi connectivity index (χ3v) is 4.35. The summed E-state index contributed by atoms with van der Waals surface area (Å²) < 4.78 is 6.28. The summed E-state index contributed by atoms with van der Waals surface area (Å²) in [6, 6.07) is 0.663. The Hall–Kier alpha value is -0.120. The zero-order valence-electron chi connectivity index (χ0n) is 15.0. The molecule has 3 nitrogen and oxygen atoms in total. The summed E-state index contributed by atoms with van der Waals surface area (Å²) in [6.07, 6.45) is 5.82. The van der Waals surface area contributed by atoms with Crippen molar-refractivity contribution in [3.05, 3.63) is 0 Å². The Balaban J connectivity index is 1.60. The van der Waals surface area contributed by atoms with E-state index in [1.54, 1.807) is 0 Å². The van der Waals surface area contributed by atoms with E-state index in [1.807, 2.05) is 0 Å². The van der Waals surface area contributed by atoms with Gasteiger partial charge in [0, 0.05) is 31.2 Å². The molecular weight excluding hydrogens is 260 g/mol. The normalized spacial score (nSPS) is 29.4. The predicted octanol–water partition coefficient (Wildman–Crippen LogP) is 3.43. The van der Waals surface area contributed by atoms with E-state index in [0.29, 0.717) is 23.7 Å². The summed E-state index contributed by atoms with van der Waals surface area (Å²) in [7, 11) is 0. The molecule has 0 bridgehead atoms. The van der Waals surface area contributed by atoms with E-state index in [1.165, 1.54) is 45.3 Å². The lowest BCUT2D eigenvalue weighted by atomic mass is 9.87. The predicted molar refractivity (Wildman–Crippen MR) is 89.7 cm³/mol. The molecule has 0 aromatic carbocycles. The van der Waals surface area contributed by atoms with Crippen molar-refractivity contribution < 1.29 is 4.74 Å². The van der Waals surface area contributed by atoms with Gasteiger partial charge >= 0.3 is 0 Å². The van der Waals surface area contributed by atoms with Crippen molar-refractivity contribution in [2.45, 2.75) is 91.0 Å². The summed E-state index contributed by atoms with van der Waals surface area (Å²) >= 11 is 0. The highest BCUT2D eigenvalue weighted by Crippen LogP contribution is 2.29. The van der Waals surface area contributed by atoms with E-state index in [-0.39, 0.29) is 5.54 Å². The molecule has 2 aliphatic rings. The molecule has 124 valence electrons. The first-order chi connectivity index (χ1) is 9.61. The molecule has 2 fully saturated rings. The number of rotatable bonds is 4. The minimum Gasteiger partial charge on any atom is -0.375 e. The van der Waals surface area contributed by atoms with Crippen LogP contribution >= 0.6 is 0 Å². The van der Waals surface area contributed by atoms with Gasteiger partial charge in [0.1, 0.15) is 0 Å². The van der Waals surface area contributed by atoms with E-state index < -0.39 is 0 Å². The maximum absolute atomic E-state index is 6.28. The molecule has 3 heteroatoms. The van der Waals surface area contributed by atoms with Gasteiger partial charge in [-0.3, -0.25) is 0 Å². The highest BCUT2D eigenvalue weighted by atomic mass is 16.5. The zero-order valence-corrected chi connectivity index (χ0v) is 15.0. The van der Waals surface area contributed by atoms with Gasteiger partial charge in [-0.25, -0.2) is 0 Å². The van der Waals surface area contributed by atoms with Gasteiger partial charge in [-0.2, -0.15) is 0 Å². The van der Waals surface area contributed by atoms with Gasteiger partial charge in [0.05, 0.1) is 12.2 Å². The van der Waals surface area contributed by atoms with Crippen LogP contribution in [0.4, 0.5) is 0 Å². The van der Waals surface area contributed by atoms with E-state index >= 15 is 0 Å². The molecule has 0 aromatic heterocycles. The first-order valence-corrected chi connectivity index (χ1v) is 8.76. The standard InChI is InChI=1S/C18H36N2O/c1-17(2,3)13-20-9-7-15(8-10-20)21-16-11-14(12-16)19-18(4,5)6/h14-16,19H,7-13H2,1-6H3/t14-,16-. The molecule has 0 atom stereocenters. The van der Waals surface area contributed by atoms with Crippen molar-refractivity contribution in [2.24, 2.45) is 5.41 Å². The van der Waals surface area contributed by atoms with Crippen molar-refractivity contribution in [1.29, 1.82) is 0 Å². The van der Waals surface area contributed by atoms with Crippen LogP contribution in [0.3, 0.4) is 0 Å². The van der Waals surface area contributed by atoms with Crippen LogP contribution in [-0.4, -0.2) is 48.3 Å². The lowest BCUT2D eigenvalue weighted by Crippen LogP contribution is -2.53. The smallest absolute Gasteiger partial charge is 0.0608 e. The monoisotopic (exact) mass is 296 g/mol. The van der Waals surface area contributed by atoms with Gasteiger partial charge < -0.3 is 15.0 Å². The summed E-state index contributed by atoms with van der Waals surface area (Å²) in [5.41, 5.74) is 0.640. The number of likely N-dealkylation sites (tertiary alicyclic amines) is 1. The second-order valence-corrected chi connectivity index (χ2v) is 9.36. The maximum Gasteiger partial charge on any atom is 0.0608 e. The molecule has 0 unspecified atom stereocenters. The Morgan fingerprint density at radius 1 is 0.952 bits per heavy atom. The fraction of sp³-hybridized carbons (Fsp3) is 1.00. The molecule has 1 saturated carbocycles. The lowest BCUT2D eigenvalue weighted by molar-refractivity contribution is -0.0881. The minimum atomic E-state index is 0.230. The number of nitrogens with one attached hydrogen (secondary N) is 1. The molecule has 0 aromatic rings. The van der Waals surface area contributed by atoms with Crippen LogP contribution < -0.4 is 5.32 Å². The van der Waals surface area contributed by atoms with Crippen LogP contribution in [0.25, 0.3) is 0 Å². The molecule has 0 spiro atoms. The van der Waals surface area contributed by atoms with Crippen molar-refractivity contribution in [2.75, 3.05) is 19.6 Å². The van der Waals surface area contributed by atoms with Gasteiger partial charge in [0.2, 0.25) is 0 Å². The molecule has 0 radical (unpaired) electrons. The highest BCUT2D eigenvalue weighted by molar-refractivity contribution is 4.91. The minimum absolute atomic E-state index is 0.230. The average molecular weight is 296 g/mol. The molecular formula is C18H36N2O. The summed E-state index contributed by atoms with van der Waals surface area (Å²) in [4.78, 5) is 2.60. The number of piperidine rings is 1. The van der Waals surface area contributed by atoms with Crippen LogP contribution in [0.5, 0.6) is 0 Å². The first kappa shape index (κ1) is 17.2. The van der Waals surface area contributed by atoms with Gasteiger partial charge in [0.25, 0.3) is 0 Å². The molecule has 21 heavy (non-hydrogen) atoms. The Kier molecular flexibility index (Phi) is 5.38. The van der Waals surface area contributed by atoms with E-state index in [9.17, 15) is 0 Å². The van der Waals surface area contributed by atoms with Crippen molar-refractivity contribution in [1.82, 2.24) is 10.2 Å². The van der Waals surface area contributed by atoms with Gasteiger partial charge in [-0.1, -0.05) is 20.8 Å². The fourth-order valence-corrected chi connectivity index (χ4v) is 3.55. The first-order valence-electron chi connectivity index (χ1n) is 8.76. The Bertz CT molecular complexity index is 315. The quantitative estimate of drug-likeness (QED) is 0.860. The number of hydrogen-bond acceptors (Lipinski definition) is 3. The van der Waals surface area contributed by atoms with Crippen molar-refractivity contribution in [3.63, 3.8) is 0 Å². The highest BCUT2D eigenvalue weighted by Gasteiger charge is 2.34. The molecule has 2 rings (SSSR count). The Labute approximate surface area is 131 Å². The third-order valence-electron chi connectivity index (χ3n) is 4.35. The van der Waals surface area contributed by atoms with Crippen LogP contribution in [0.15, 0.2) is 0 Å². The fourth-order valence-electron chi connectivity index (χ4n) is 3.55. The van der Waals surface area contributed by atoms with Crippen molar-refractivity contribution >= 4 is 0 Å². The summed E-state index contributed by atoms with van der Waals surface area (Å²) in [5, 5.41) is 3.67. The molecule has 0 amide bonds. The van der Waals surface area contributed by atoms with Crippen molar-refractivity contribution in [3.8, 4) is 0 Å². The topological polar surface area (TPSA) is 24.5 Å². The Morgan fingerprint density at radius 2 is 1.52 bits per heavy atom. The second-order valence-electron chi connectivity index (χ2n) is 9.36. The van der Waals surface area contributed by atoms with Crippen LogP contribution in [-0.2, 0) is 4.74 Å². The van der Waals surface area contributed by atoms with E-state index in [0.717, 1.165) is 0 Å². The van der Waals surface area contributed by atoms with E-state index in [2.05, 4.69) is 51.8 Å². The molecule has 1 saturated heterocycles. The molecule has 1 heterocycles. The second kappa shape index (κ2) is 6.55. The average Bonchev–Trinajstić information content (AvgIpc) is 2.25. The SMILES string of the molecule is CC(C)(C)CN1CCC(O[C@H]2C[C@H](NC(C)(C)C)C2)CC1. The third kappa shape index (κ3) is 6.25. The largest absolute Gasteiger partial charge is 0.375 e. The summed E-state index contributed by atoms with van der Waals surface area (Å²) in [6.45, 7) is 17.3. The number of hydrogen-bond donors (Lipinski definition) is 1. The summed E-state index contributed by atoms with van der Waals surface area (Å²) in [5.74, 6) is 0. The molecule has 1 aliphatic heterocycles. The van der Waals surface area contributed by atoms with Gasteiger partial charge in [-0.05, 0) is 51.9 Å². The van der Waals surface area contributed by atoms with Crippen LogP contribution in [0.1, 0.15) is 67.2 Å².